The van der Waals surface area contributed by atoms with Gasteiger partial charge < -0.3 is 0 Å². The molecule has 4 heteroatoms. The van der Waals surface area contributed by atoms with E-state index in [2.05, 4.69) is 4.98 Å². The van der Waals surface area contributed by atoms with E-state index in [0.29, 0.717) is 5.39 Å². The Balaban J connectivity index is 2.94. The maximum absolute atomic E-state index is 13.2. The first-order chi connectivity index (χ1) is 6.20. The van der Waals surface area contributed by atoms with Gasteiger partial charge in [-0.05, 0) is 12.1 Å². The van der Waals surface area contributed by atoms with Gasteiger partial charge >= 0.3 is 0 Å². The van der Waals surface area contributed by atoms with Crippen LogP contribution in [-0.4, -0.2) is 4.98 Å². The molecular formula is C9H4Cl2FN. The van der Waals surface area contributed by atoms with Crippen LogP contribution in [0.1, 0.15) is 0 Å². The summed E-state index contributed by atoms with van der Waals surface area (Å²) in [6.07, 6.45) is 3.15. The quantitative estimate of drug-likeness (QED) is 0.612. The Hall–Kier alpha value is -0.860. The topological polar surface area (TPSA) is 12.9 Å². The molecule has 0 aliphatic heterocycles. The van der Waals surface area contributed by atoms with Crippen molar-refractivity contribution in [2.75, 3.05) is 0 Å². The lowest BCUT2D eigenvalue weighted by Crippen LogP contribution is -1.83. The Bertz CT molecular complexity index is 470. The standard InChI is InChI=1S/C9H4Cl2FN/c10-7-3-5-4-13-2-1-6(5)8(11)9(7)12/h1-4H. The lowest BCUT2D eigenvalue weighted by molar-refractivity contribution is 0.630. The van der Waals surface area contributed by atoms with Crippen molar-refractivity contribution in [1.29, 1.82) is 0 Å². The van der Waals surface area contributed by atoms with E-state index in [-0.39, 0.29) is 10.0 Å². The van der Waals surface area contributed by atoms with E-state index in [1.807, 2.05) is 0 Å². The van der Waals surface area contributed by atoms with Gasteiger partial charge in [0.2, 0.25) is 0 Å². The second kappa shape index (κ2) is 3.13. The zero-order chi connectivity index (χ0) is 9.42. The normalized spacial score (nSPS) is 10.7. The van der Waals surface area contributed by atoms with Crippen LogP contribution in [-0.2, 0) is 0 Å². The van der Waals surface area contributed by atoms with Crippen LogP contribution in [0.25, 0.3) is 10.8 Å². The van der Waals surface area contributed by atoms with Crippen molar-refractivity contribution >= 4 is 34.0 Å². The summed E-state index contributed by atoms with van der Waals surface area (Å²) in [5.74, 6) is -0.581. The molecule has 0 radical (unpaired) electrons. The fourth-order valence-electron chi connectivity index (χ4n) is 1.14. The fourth-order valence-corrected chi connectivity index (χ4v) is 1.68. The Morgan fingerprint density at radius 3 is 2.85 bits per heavy atom. The van der Waals surface area contributed by atoms with E-state index >= 15 is 0 Å². The highest BCUT2D eigenvalue weighted by Crippen LogP contribution is 2.30. The van der Waals surface area contributed by atoms with Gasteiger partial charge in [-0.25, -0.2) is 4.39 Å². The highest BCUT2D eigenvalue weighted by Gasteiger charge is 2.09. The molecule has 0 N–H and O–H groups in total. The first-order valence-corrected chi connectivity index (χ1v) is 4.33. The third-order valence-electron chi connectivity index (χ3n) is 1.77. The Morgan fingerprint density at radius 1 is 1.31 bits per heavy atom. The molecule has 13 heavy (non-hydrogen) atoms. The highest BCUT2D eigenvalue weighted by atomic mass is 35.5. The van der Waals surface area contributed by atoms with E-state index in [1.54, 1.807) is 18.5 Å². The molecule has 2 rings (SSSR count). The van der Waals surface area contributed by atoms with Gasteiger partial charge in [-0.3, -0.25) is 4.98 Å². The molecule has 0 fully saturated rings. The predicted octanol–water partition coefficient (Wildman–Crippen LogP) is 3.68. The molecule has 0 spiro atoms. The van der Waals surface area contributed by atoms with Crippen molar-refractivity contribution in [3.05, 3.63) is 40.4 Å². The molecule has 0 saturated heterocycles. The number of pyridine rings is 1. The molecule has 0 atom stereocenters. The first-order valence-electron chi connectivity index (χ1n) is 3.57. The lowest BCUT2D eigenvalue weighted by atomic mass is 10.2. The Morgan fingerprint density at radius 2 is 2.08 bits per heavy atom. The van der Waals surface area contributed by atoms with Crippen LogP contribution >= 0.6 is 23.2 Å². The molecule has 1 nitrogen and oxygen atoms in total. The van der Waals surface area contributed by atoms with Crippen molar-refractivity contribution in [3.8, 4) is 0 Å². The summed E-state index contributed by atoms with van der Waals surface area (Å²) in [5, 5.41) is 1.42. The maximum atomic E-state index is 13.2. The molecule has 0 amide bonds. The zero-order valence-corrected chi connectivity index (χ0v) is 7.90. The Labute approximate surface area is 84.1 Å². The van der Waals surface area contributed by atoms with Crippen molar-refractivity contribution in [1.82, 2.24) is 4.98 Å². The van der Waals surface area contributed by atoms with E-state index < -0.39 is 5.82 Å². The SMILES string of the molecule is Fc1c(Cl)cc2cnccc2c1Cl. The van der Waals surface area contributed by atoms with Crippen LogP contribution in [0, 0.1) is 5.82 Å². The number of aromatic nitrogens is 1. The molecule has 1 aromatic heterocycles. The molecular weight excluding hydrogens is 212 g/mol. The minimum atomic E-state index is -0.581. The van der Waals surface area contributed by atoms with Gasteiger partial charge in [0.25, 0.3) is 0 Å². The second-order valence-corrected chi connectivity index (χ2v) is 3.37. The predicted molar refractivity (Wildman–Crippen MR) is 51.7 cm³/mol. The summed E-state index contributed by atoms with van der Waals surface area (Å²) in [5.41, 5.74) is 0. The van der Waals surface area contributed by atoms with Gasteiger partial charge in [0, 0.05) is 23.2 Å². The molecule has 66 valence electrons. The summed E-state index contributed by atoms with van der Waals surface area (Å²) in [6.45, 7) is 0. The number of nitrogens with zero attached hydrogens (tertiary/aromatic N) is 1. The molecule has 2 aromatic rings. The summed E-state index contributed by atoms with van der Waals surface area (Å²) >= 11 is 11.3. The third-order valence-corrected chi connectivity index (χ3v) is 2.42. The summed E-state index contributed by atoms with van der Waals surface area (Å²) < 4.78 is 13.2. The molecule has 0 unspecified atom stereocenters. The van der Waals surface area contributed by atoms with Crippen molar-refractivity contribution in [3.63, 3.8) is 0 Å². The Kier molecular flexibility index (Phi) is 2.10. The van der Waals surface area contributed by atoms with Gasteiger partial charge in [0.15, 0.2) is 5.82 Å². The van der Waals surface area contributed by atoms with Crippen LogP contribution in [0.3, 0.4) is 0 Å². The molecule has 1 aromatic carbocycles. The smallest absolute Gasteiger partial charge is 0.161 e. The van der Waals surface area contributed by atoms with Crippen LogP contribution in [0.5, 0.6) is 0 Å². The van der Waals surface area contributed by atoms with Gasteiger partial charge in [-0.15, -0.1) is 0 Å². The number of benzene rings is 1. The monoisotopic (exact) mass is 215 g/mol. The van der Waals surface area contributed by atoms with E-state index in [9.17, 15) is 4.39 Å². The lowest BCUT2D eigenvalue weighted by Gasteiger charge is -2.02. The van der Waals surface area contributed by atoms with E-state index in [1.165, 1.54) is 6.07 Å². The van der Waals surface area contributed by atoms with Gasteiger partial charge in [-0.1, -0.05) is 23.2 Å². The van der Waals surface area contributed by atoms with Gasteiger partial charge in [-0.2, -0.15) is 0 Å². The summed E-state index contributed by atoms with van der Waals surface area (Å²) in [7, 11) is 0. The van der Waals surface area contributed by atoms with Crippen molar-refractivity contribution in [2.45, 2.75) is 0 Å². The zero-order valence-electron chi connectivity index (χ0n) is 6.39. The fraction of sp³-hybridized carbons (Fsp3) is 0. The number of fused-ring (bicyclic) bond motifs is 1. The second-order valence-electron chi connectivity index (χ2n) is 2.58. The van der Waals surface area contributed by atoms with Crippen LogP contribution in [0.15, 0.2) is 24.5 Å². The van der Waals surface area contributed by atoms with E-state index in [0.717, 1.165) is 5.39 Å². The largest absolute Gasteiger partial charge is 0.264 e. The number of hydrogen-bond acceptors (Lipinski definition) is 1. The molecule has 1 heterocycles. The first kappa shape index (κ1) is 8.73. The summed E-state index contributed by atoms with van der Waals surface area (Å²) in [6, 6.07) is 3.15. The molecule has 0 bridgehead atoms. The van der Waals surface area contributed by atoms with Crippen LogP contribution < -0.4 is 0 Å². The minimum absolute atomic E-state index is 0.0190. The van der Waals surface area contributed by atoms with Crippen LogP contribution in [0.4, 0.5) is 4.39 Å². The van der Waals surface area contributed by atoms with E-state index in [4.69, 9.17) is 23.2 Å². The van der Waals surface area contributed by atoms with Crippen LogP contribution in [0.2, 0.25) is 10.0 Å². The third kappa shape index (κ3) is 1.36. The average molecular weight is 216 g/mol. The molecule has 0 aliphatic rings. The molecule has 0 saturated carbocycles. The van der Waals surface area contributed by atoms with Gasteiger partial charge in [0.05, 0.1) is 10.0 Å². The number of hydrogen-bond donors (Lipinski definition) is 0. The molecule has 0 aliphatic carbocycles. The van der Waals surface area contributed by atoms with Gasteiger partial charge in [0.1, 0.15) is 0 Å². The number of halogens is 3. The average Bonchev–Trinajstić information content (AvgIpc) is 2.15. The van der Waals surface area contributed by atoms with Crippen molar-refractivity contribution < 1.29 is 4.39 Å². The van der Waals surface area contributed by atoms with Crippen molar-refractivity contribution in [2.24, 2.45) is 0 Å². The maximum Gasteiger partial charge on any atom is 0.161 e. The summed E-state index contributed by atoms with van der Waals surface area (Å²) in [4.78, 5) is 3.89. The highest BCUT2D eigenvalue weighted by molar-refractivity contribution is 6.38. The minimum Gasteiger partial charge on any atom is -0.264 e. The number of rotatable bonds is 0.